The lowest BCUT2D eigenvalue weighted by Crippen LogP contribution is -2.41. The van der Waals surface area contributed by atoms with Gasteiger partial charge in [-0.05, 0) is 6.92 Å². The molecule has 0 bridgehead atoms. The number of halogens is 2. The van der Waals surface area contributed by atoms with Crippen molar-refractivity contribution in [3.05, 3.63) is 17.5 Å². The molecule has 0 spiro atoms. The third kappa shape index (κ3) is 3.43. The van der Waals surface area contributed by atoms with Crippen LogP contribution in [0.2, 0.25) is 0 Å². The molecule has 0 unspecified atom stereocenters. The normalized spacial score (nSPS) is 22.6. The number of hydrogen-bond acceptors (Lipinski definition) is 4. The fourth-order valence-corrected chi connectivity index (χ4v) is 1.96. The van der Waals surface area contributed by atoms with Crippen LogP contribution in [0.25, 0.3) is 0 Å². The molecule has 1 aromatic rings. The number of amides is 1. The molecule has 0 aliphatic carbocycles. The lowest BCUT2D eigenvalue weighted by atomic mass is 10.2. The number of carbonyl (C=O) groups excluding carboxylic acids is 1. The number of alkyl halides is 1. The predicted octanol–water partition coefficient (Wildman–Crippen LogP) is 1.06. The van der Waals surface area contributed by atoms with Crippen molar-refractivity contribution in [3.63, 3.8) is 0 Å². The van der Waals surface area contributed by atoms with Gasteiger partial charge in [-0.15, -0.1) is 12.4 Å². The van der Waals surface area contributed by atoms with Crippen LogP contribution in [0, 0.1) is 6.92 Å². The van der Waals surface area contributed by atoms with Crippen LogP contribution >= 0.6 is 12.4 Å². The minimum absolute atomic E-state index is 0. The summed E-state index contributed by atoms with van der Waals surface area (Å²) in [6.07, 6.45) is -0.673. The van der Waals surface area contributed by atoms with E-state index in [0.717, 1.165) is 0 Å². The van der Waals surface area contributed by atoms with Gasteiger partial charge in [0.2, 0.25) is 5.91 Å². The van der Waals surface area contributed by atoms with Crippen molar-refractivity contribution in [2.45, 2.75) is 32.1 Å². The highest BCUT2D eigenvalue weighted by Gasteiger charge is 2.31. The summed E-state index contributed by atoms with van der Waals surface area (Å²) in [5.74, 6) is 0.606. The number of hydrogen-bond donors (Lipinski definition) is 1. The van der Waals surface area contributed by atoms with E-state index in [9.17, 15) is 9.18 Å². The zero-order chi connectivity index (χ0) is 12.4. The third-order valence-corrected chi connectivity index (χ3v) is 2.83. The molecule has 1 fully saturated rings. The number of aromatic nitrogens is 1. The SMILES string of the molecule is Cc1cc(CN(C)C(=O)[C@H]2C[C@H](F)CN2)no1.Cl. The number of nitrogens with zero attached hydrogens (tertiary/aromatic N) is 2. The van der Waals surface area contributed by atoms with E-state index in [-0.39, 0.29) is 31.3 Å². The molecule has 1 aliphatic heterocycles. The summed E-state index contributed by atoms with van der Waals surface area (Å²) >= 11 is 0. The second-order valence-electron chi connectivity index (χ2n) is 4.42. The summed E-state index contributed by atoms with van der Waals surface area (Å²) in [5, 5.41) is 6.68. The second-order valence-corrected chi connectivity index (χ2v) is 4.42. The zero-order valence-corrected chi connectivity index (χ0v) is 11.2. The number of rotatable bonds is 3. The molecule has 0 aromatic carbocycles. The highest BCUT2D eigenvalue weighted by molar-refractivity contribution is 5.85. The largest absolute Gasteiger partial charge is 0.361 e. The molecule has 1 amide bonds. The van der Waals surface area contributed by atoms with Crippen molar-refractivity contribution in [3.8, 4) is 0 Å². The molecule has 5 nitrogen and oxygen atoms in total. The Labute approximate surface area is 111 Å². The van der Waals surface area contributed by atoms with E-state index in [1.54, 1.807) is 20.0 Å². The van der Waals surface area contributed by atoms with Gasteiger partial charge < -0.3 is 14.7 Å². The van der Waals surface area contributed by atoms with Gasteiger partial charge >= 0.3 is 0 Å². The number of likely N-dealkylation sites (N-methyl/N-ethyl adjacent to an activating group) is 1. The lowest BCUT2D eigenvalue weighted by Gasteiger charge is -2.19. The number of carbonyl (C=O) groups is 1. The third-order valence-electron chi connectivity index (χ3n) is 2.83. The first-order chi connectivity index (χ1) is 8.06. The van der Waals surface area contributed by atoms with E-state index in [1.807, 2.05) is 0 Å². The van der Waals surface area contributed by atoms with Gasteiger partial charge in [-0.3, -0.25) is 4.79 Å². The molecule has 102 valence electrons. The Kier molecular flexibility index (Phi) is 5.10. The fraction of sp³-hybridized carbons (Fsp3) is 0.636. The molecular formula is C11H17ClFN3O2. The fourth-order valence-electron chi connectivity index (χ4n) is 1.96. The summed E-state index contributed by atoms with van der Waals surface area (Å²) in [4.78, 5) is 13.5. The average Bonchev–Trinajstić information content (AvgIpc) is 2.87. The molecule has 1 N–H and O–H groups in total. The predicted molar refractivity (Wildman–Crippen MR) is 66.3 cm³/mol. The summed E-state index contributed by atoms with van der Waals surface area (Å²) < 4.78 is 17.9. The Morgan fingerprint density at radius 2 is 2.44 bits per heavy atom. The summed E-state index contributed by atoms with van der Waals surface area (Å²) in [7, 11) is 1.68. The van der Waals surface area contributed by atoms with E-state index in [1.165, 1.54) is 4.90 Å². The molecule has 0 radical (unpaired) electrons. The van der Waals surface area contributed by atoms with Crippen molar-refractivity contribution >= 4 is 18.3 Å². The average molecular weight is 278 g/mol. The van der Waals surface area contributed by atoms with Gasteiger partial charge in [0.25, 0.3) is 0 Å². The first kappa shape index (κ1) is 14.9. The molecule has 0 saturated carbocycles. The summed E-state index contributed by atoms with van der Waals surface area (Å²) in [6.45, 7) is 2.43. The van der Waals surface area contributed by atoms with E-state index in [0.29, 0.717) is 18.0 Å². The van der Waals surface area contributed by atoms with Crippen LogP contribution in [0.3, 0.4) is 0 Å². The van der Waals surface area contributed by atoms with Crippen LogP contribution in [0.4, 0.5) is 4.39 Å². The second kappa shape index (κ2) is 6.15. The smallest absolute Gasteiger partial charge is 0.239 e. The summed E-state index contributed by atoms with van der Waals surface area (Å²) in [5.41, 5.74) is 0.702. The topological polar surface area (TPSA) is 58.4 Å². The molecule has 1 saturated heterocycles. The molecule has 1 aliphatic rings. The van der Waals surface area contributed by atoms with Gasteiger partial charge in [0.05, 0.1) is 12.6 Å². The lowest BCUT2D eigenvalue weighted by molar-refractivity contribution is -0.132. The Balaban J connectivity index is 0.00000162. The molecule has 2 atom stereocenters. The van der Waals surface area contributed by atoms with E-state index in [4.69, 9.17) is 4.52 Å². The van der Waals surface area contributed by atoms with E-state index in [2.05, 4.69) is 10.5 Å². The van der Waals surface area contributed by atoms with Gasteiger partial charge in [0.15, 0.2) is 0 Å². The van der Waals surface area contributed by atoms with Gasteiger partial charge in [0, 0.05) is 26.1 Å². The molecule has 18 heavy (non-hydrogen) atoms. The number of nitrogens with one attached hydrogen (secondary N) is 1. The van der Waals surface area contributed by atoms with Crippen molar-refractivity contribution in [1.29, 1.82) is 0 Å². The molecule has 1 aromatic heterocycles. The first-order valence-electron chi connectivity index (χ1n) is 5.61. The number of aryl methyl sites for hydroxylation is 1. The van der Waals surface area contributed by atoms with Crippen molar-refractivity contribution < 1.29 is 13.7 Å². The van der Waals surface area contributed by atoms with E-state index >= 15 is 0 Å². The Bertz CT molecular complexity index is 413. The maximum atomic E-state index is 13.0. The van der Waals surface area contributed by atoms with Crippen LogP contribution in [0.15, 0.2) is 10.6 Å². The Morgan fingerprint density at radius 1 is 1.72 bits per heavy atom. The standard InChI is InChI=1S/C11H16FN3O2.ClH/c1-7-3-9(14-17-7)6-15(2)11(16)10-4-8(12)5-13-10;/h3,8,10,13H,4-6H2,1-2H3;1H/t8-,10+;/m0./s1. The quantitative estimate of drug-likeness (QED) is 0.898. The minimum Gasteiger partial charge on any atom is -0.361 e. The molecule has 2 heterocycles. The molecule has 7 heteroatoms. The van der Waals surface area contributed by atoms with Gasteiger partial charge in [-0.2, -0.15) is 0 Å². The van der Waals surface area contributed by atoms with Crippen LogP contribution < -0.4 is 5.32 Å². The maximum Gasteiger partial charge on any atom is 0.239 e. The van der Waals surface area contributed by atoms with Crippen LogP contribution in [0.5, 0.6) is 0 Å². The zero-order valence-electron chi connectivity index (χ0n) is 10.4. The Morgan fingerprint density at radius 3 is 2.94 bits per heavy atom. The van der Waals surface area contributed by atoms with Gasteiger partial charge in [-0.1, -0.05) is 5.16 Å². The minimum atomic E-state index is -0.924. The molecular weight excluding hydrogens is 261 g/mol. The van der Waals surface area contributed by atoms with Gasteiger partial charge in [-0.25, -0.2) is 4.39 Å². The van der Waals surface area contributed by atoms with Crippen LogP contribution in [-0.2, 0) is 11.3 Å². The van der Waals surface area contributed by atoms with E-state index < -0.39 is 12.2 Å². The van der Waals surface area contributed by atoms with Gasteiger partial charge in [0.1, 0.15) is 17.6 Å². The highest BCUT2D eigenvalue weighted by Crippen LogP contribution is 2.13. The summed E-state index contributed by atoms with van der Waals surface area (Å²) in [6, 6.07) is 1.37. The molecule has 2 rings (SSSR count). The Hall–Kier alpha value is -1.14. The van der Waals surface area contributed by atoms with Crippen LogP contribution in [-0.4, -0.2) is 41.8 Å². The highest BCUT2D eigenvalue weighted by atomic mass is 35.5. The van der Waals surface area contributed by atoms with Crippen molar-refractivity contribution in [1.82, 2.24) is 15.4 Å². The maximum absolute atomic E-state index is 13.0. The van der Waals surface area contributed by atoms with Crippen molar-refractivity contribution in [2.24, 2.45) is 0 Å². The van der Waals surface area contributed by atoms with Crippen LogP contribution in [0.1, 0.15) is 17.9 Å². The monoisotopic (exact) mass is 277 g/mol. The first-order valence-corrected chi connectivity index (χ1v) is 5.61. The van der Waals surface area contributed by atoms with Crippen molar-refractivity contribution in [2.75, 3.05) is 13.6 Å².